The van der Waals surface area contributed by atoms with Gasteiger partial charge in [-0.2, -0.15) is 0 Å². The van der Waals surface area contributed by atoms with Gasteiger partial charge in [0, 0.05) is 21.6 Å². The molecule has 0 amide bonds. The highest BCUT2D eigenvalue weighted by atomic mass is 79.9. The van der Waals surface area contributed by atoms with Gasteiger partial charge in [-0.3, -0.25) is 0 Å². The number of thiophene rings is 1. The van der Waals surface area contributed by atoms with Crippen molar-refractivity contribution in [2.45, 2.75) is 45.3 Å². The average molecular weight is 390 g/mol. The molecule has 23 heavy (non-hydrogen) atoms. The number of hydrogen-bond acceptors (Lipinski definition) is 3. The Hall–Kier alpha value is -1.28. The molecule has 2 nitrogen and oxygen atoms in total. The van der Waals surface area contributed by atoms with Gasteiger partial charge in [-0.15, -0.1) is 11.3 Å². The van der Waals surface area contributed by atoms with Gasteiger partial charge in [0.1, 0.15) is 0 Å². The van der Waals surface area contributed by atoms with Gasteiger partial charge in [-0.1, -0.05) is 24.8 Å². The van der Waals surface area contributed by atoms with E-state index < -0.39 is 6.10 Å². The maximum atomic E-state index is 10.7. The van der Waals surface area contributed by atoms with Crippen molar-refractivity contribution in [1.29, 1.82) is 0 Å². The summed E-state index contributed by atoms with van der Waals surface area (Å²) in [7, 11) is 0. The Balaban J connectivity index is 2.19. The lowest BCUT2D eigenvalue weighted by atomic mass is 9.76. The highest BCUT2D eigenvalue weighted by Crippen LogP contribution is 2.44. The Morgan fingerprint density at radius 3 is 2.74 bits per heavy atom. The molecule has 0 saturated carbocycles. The first-order valence-electron chi connectivity index (χ1n) is 7.66. The van der Waals surface area contributed by atoms with Crippen molar-refractivity contribution in [3.63, 3.8) is 0 Å². The van der Waals surface area contributed by atoms with E-state index in [4.69, 9.17) is 0 Å². The molecule has 120 valence electrons. The molecule has 0 aliphatic carbocycles. The van der Waals surface area contributed by atoms with Gasteiger partial charge >= 0.3 is 0 Å². The Kier molecular flexibility index (Phi) is 4.31. The summed E-state index contributed by atoms with van der Waals surface area (Å²) in [5, 5.41) is 16.2. The second kappa shape index (κ2) is 5.98. The predicted octanol–water partition coefficient (Wildman–Crippen LogP) is 4.89. The minimum Gasteiger partial charge on any atom is -0.390 e. The molecular formula is C19H20BrNOS. The van der Waals surface area contributed by atoms with E-state index in [1.54, 1.807) is 11.3 Å². The Morgan fingerprint density at radius 1 is 1.35 bits per heavy atom. The van der Waals surface area contributed by atoms with Gasteiger partial charge in [0.15, 0.2) is 0 Å². The van der Waals surface area contributed by atoms with E-state index in [1.807, 2.05) is 31.4 Å². The van der Waals surface area contributed by atoms with E-state index in [2.05, 4.69) is 53.0 Å². The van der Waals surface area contributed by atoms with Crippen LogP contribution >= 0.6 is 27.3 Å². The lowest BCUT2D eigenvalue weighted by Crippen LogP contribution is -2.50. The molecular weight excluding hydrogens is 370 g/mol. The molecule has 2 atom stereocenters. The smallest absolute Gasteiger partial charge is 0.0831 e. The first kappa shape index (κ1) is 16.6. The molecule has 1 aliphatic rings. The van der Waals surface area contributed by atoms with E-state index in [1.165, 1.54) is 5.56 Å². The van der Waals surface area contributed by atoms with Crippen LogP contribution in [0.1, 0.15) is 48.3 Å². The molecule has 2 heterocycles. The number of aryl methyl sites for hydroxylation is 1. The number of rotatable bonds is 0. The molecule has 3 rings (SSSR count). The lowest BCUT2D eigenvalue weighted by Gasteiger charge is -2.43. The van der Waals surface area contributed by atoms with Crippen molar-refractivity contribution in [2.24, 2.45) is 0 Å². The fourth-order valence-corrected chi connectivity index (χ4v) is 4.43. The fourth-order valence-electron chi connectivity index (χ4n) is 3.20. The van der Waals surface area contributed by atoms with Gasteiger partial charge < -0.3 is 10.4 Å². The van der Waals surface area contributed by atoms with E-state index in [-0.39, 0.29) is 11.5 Å². The molecule has 0 spiro atoms. The zero-order chi connectivity index (χ0) is 16.8. The molecule has 0 saturated heterocycles. The molecule has 1 aromatic heterocycles. The van der Waals surface area contributed by atoms with Crippen LogP contribution in [0.3, 0.4) is 0 Å². The number of benzene rings is 1. The number of aliphatic hydroxyl groups is 1. The predicted molar refractivity (Wildman–Crippen MR) is 101 cm³/mol. The highest BCUT2D eigenvalue weighted by molar-refractivity contribution is 9.10. The normalized spacial score (nSPS) is 21.8. The lowest BCUT2D eigenvalue weighted by molar-refractivity contribution is 0.0867. The molecule has 0 bridgehead atoms. The molecule has 0 unspecified atom stereocenters. The maximum absolute atomic E-state index is 10.7. The van der Waals surface area contributed by atoms with Crippen LogP contribution in [0, 0.1) is 18.8 Å². The largest absolute Gasteiger partial charge is 0.390 e. The number of aliphatic hydroxyl groups excluding tert-OH is 1. The van der Waals surface area contributed by atoms with E-state index in [0.717, 1.165) is 26.2 Å². The molecule has 1 aromatic carbocycles. The van der Waals surface area contributed by atoms with Crippen molar-refractivity contribution < 1.29 is 5.11 Å². The van der Waals surface area contributed by atoms with Gasteiger partial charge in [0.2, 0.25) is 0 Å². The summed E-state index contributed by atoms with van der Waals surface area (Å²) in [5.41, 5.74) is 3.98. The minimum atomic E-state index is -0.467. The first-order valence-corrected chi connectivity index (χ1v) is 9.33. The summed E-state index contributed by atoms with van der Waals surface area (Å²) in [6.07, 6.45) is -0.467. The highest BCUT2D eigenvalue weighted by Gasteiger charge is 2.40. The van der Waals surface area contributed by atoms with Crippen molar-refractivity contribution in [1.82, 2.24) is 0 Å². The van der Waals surface area contributed by atoms with Crippen LogP contribution in [0.25, 0.3) is 0 Å². The number of halogens is 1. The summed E-state index contributed by atoms with van der Waals surface area (Å²) in [6, 6.07) is 6.13. The fraction of sp³-hybridized carbons (Fsp3) is 0.368. The minimum absolute atomic E-state index is 0.0186. The van der Waals surface area contributed by atoms with Crippen LogP contribution in [0.5, 0.6) is 0 Å². The van der Waals surface area contributed by atoms with Crippen molar-refractivity contribution in [3.8, 4) is 11.8 Å². The monoisotopic (exact) mass is 389 g/mol. The van der Waals surface area contributed by atoms with E-state index >= 15 is 0 Å². The van der Waals surface area contributed by atoms with Crippen LogP contribution in [0.15, 0.2) is 28.1 Å². The summed E-state index contributed by atoms with van der Waals surface area (Å²) < 4.78 is 0.985. The summed E-state index contributed by atoms with van der Waals surface area (Å²) in [4.78, 5) is 1.04. The van der Waals surface area contributed by atoms with Crippen molar-refractivity contribution >= 4 is 33.0 Å². The summed E-state index contributed by atoms with van der Waals surface area (Å²) >= 11 is 5.29. The third-order valence-electron chi connectivity index (χ3n) is 4.46. The molecule has 0 fully saturated rings. The van der Waals surface area contributed by atoms with Gasteiger partial charge in [0.05, 0.1) is 16.5 Å². The van der Waals surface area contributed by atoms with Gasteiger partial charge in [-0.25, -0.2) is 0 Å². The zero-order valence-electron chi connectivity index (χ0n) is 13.7. The number of fused-ring (bicyclic) bond motifs is 1. The third-order valence-corrected chi connectivity index (χ3v) is 5.87. The number of anilines is 1. The second-order valence-electron chi connectivity index (χ2n) is 6.65. The second-order valence-corrected chi connectivity index (χ2v) is 8.45. The Bertz CT molecular complexity index is 799. The quantitative estimate of drug-likeness (QED) is 0.628. The topological polar surface area (TPSA) is 32.3 Å². The molecule has 0 radical (unpaired) electrons. The van der Waals surface area contributed by atoms with E-state index in [0.29, 0.717) is 0 Å². The van der Waals surface area contributed by atoms with Gasteiger partial charge in [0.25, 0.3) is 0 Å². The van der Waals surface area contributed by atoms with Crippen molar-refractivity contribution in [3.05, 3.63) is 49.6 Å². The molecule has 2 aromatic rings. The number of hydrogen-bond donors (Lipinski definition) is 2. The van der Waals surface area contributed by atoms with Crippen LogP contribution in [-0.4, -0.2) is 16.7 Å². The maximum Gasteiger partial charge on any atom is 0.0831 e. The van der Waals surface area contributed by atoms with Crippen LogP contribution in [0.2, 0.25) is 0 Å². The molecule has 4 heteroatoms. The first-order chi connectivity index (χ1) is 10.8. The Labute approximate surface area is 150 Å². The molecule has 1 aliphatic heterocycles. The Morgan fingerprint density at radius 2 is 2.09 bits per heavy atom. The van der Waals surface area contributed by atoms with Crippen LogP contribution in [0.4, 0.5) is 5.69 Å². The third kappa shape index (κ3) is 2.94. The average Bonchev–Trinajstić information content (AvgIpc) is 2.99. The van der Waals surface area contributed by atoms with E-state index in [9.17, 15) is 5.11 Å². The van der Waals surface area contributed by atoms with Crippen LogP contribution in [-0.2, 0) is 0 Å². The van der Waals surface area contributed by atoms with Gasteiger partial charge in [-0.05, 0) is 65.3 Å². The van der Waals surface area contributed by atoms with Crippen molar-refractivity contribution in [2.75, 3.05) is 5.32 Å². The number of nitrogens with one attached hydrogen (secondary N) is 1. The zero-order valence-corrected chi connectivity index (χ0v) is 16.1. The molecule has 2 N–H and O–H groups in total. The summed E-state index contributed by atoms with van der Waals surface area (Å²) in [6.45, 7) is 8.24. The van der Waals surface area contributed by atoms with Crippen LogP contribution < -0.4 is 5.32 Å². The summed E-state index contributed by atoms with van der Waals surface area (Å²) in [5.74, 6) is 6.57. The SMILES string of the molecule is Cc1cc(Br)c(C#Cc2cccs2)c2c1NC(C)(C)[C@H](O)[C@H]2C. The standard InChI is InChI=1S/C19H20BrNOS/c1-11-10-15(20)14(8-7-13-6-5-9-23-13)16-12(2)18(22)19(3,4)21-17(11)16/h5-6,9-10,12,18,21-22H,1-4H3/t12-,18+/m0/s1.